The fourth-order valence-electron chi connectivity index (χ4n) is 1.78. The summed E-state index contributed by atoms with van der Waals surface area (Å²) in [6.07, 6.45) is -3.59. The van der Waals surface area contributed by atoms with Crippen LogP contribution in [0, 0.1) is 0 Å². The van der Waals surface area contributed by atoms with Crippen molar-refractivity contribution in [3.8, 4) is 0 Å². The molecule has 4 nitrogen and oxygen atoms in total. The van der Waals surface area contributed by atoms with Crippen molar-refractivity contribution >= 4 is 11.6 Å². The number of halogens is 3. The van der Waals surface area contributed by atoms with Crippen LogP contribution < -0.4 is 10.2 Å². The molecule has 0 aliphatic carbocycles. The molecule has 0 saturated heterocycles. The number of pyridine rings is 1. The smallest absolute Gasteiger partial charge is 0.383 e. The van der Waals surface area contributed by atoms with E-state index < -0.39 is 11.7 Å². The average Bonchev–Trinajstić information content (AvgIpc) is 2.43. The second-order valence-electron chi connectivity index (χ2n) is 4.94. The largest absolute Gasteiger partial charge is 0.416 e. The minimum atomic E-state index is -4.40. The van der Waals surface area contributed by atoms with Gasteiger partial charge in [-0.25, -0.2) is 4.98 Å². The summed E-state index contributed by atoms with van der Waals surface area (Å²) in [5.41, 5.74) is -0.706. The predicted octanol–water partition coefficient (Wildman–Crippen LogP) is 3.39. The molecule has 120 valence electrons. The topological polar surface area (TPSA) is 37.4 Å². The van der Waals surface area contributed by atoms with Gasteiger partial charge in [0, 0.05) is 20.7 Å². The van der Waals surface area contributed by atoms with Gasteiger partial charge in [0.2, 0.25) is 0 Å². The normalized spacial score (nSPS) is 13.1. The molecule has 1 unspecified atom stereocenters. The molecule has 1 atom stereocenters. The van der Waals surface area contributed by atoms with Crippen LogP contribution in [0.4, 0.5) is 24.8 Å². The molecule has 1 heterocycles. The third-order valence-electron chi connectivity index (χ3n) is 3.13. The lowest BCUT2D eigenvalue weighted by atomic mass is 10.2. The van der Waals surface area contributed by atoms with Gasteiger partial charge in [-0.05, 0) is 25.5 Å². The van der Waals surface area contributed by atoms with Gasteiger partial charge >= 0.3 is 6.18 Å². The van der Waals surface area contributed by atoms with Crippen molar-refractivity contribution in [2.24, 2.45) is 0 Å². The van der Waals surface area contributed by atoms with Crippen LogP contribution in [-0.2, 0) is 10.9 Å². The minimum absolute atomic E-state index is 0.0787. The van der Waals surface area contributed by atoms with Gasteiger partial charge in [-0.1, -0.05) is 6.92 Å². The highest BCUT2D eigenvalue weighted by molar-refractivity contribution is 5.51. The van der Waals surface area contributed by atoms with Crippen LogP contribution >= 0.6 is 0 Å². The molecule has 1 rings (SSSR count). The van der Waals surface area contributed by atoms with Crippen molar-refractivity contribution in [2.45, 2.75) is 32.5 Å². The Morgan fingerprint density at radius 3 is 2.57 bits per heavy atom. The van der Waals surface area contributed by atoms with Gasteiger partial charge in [-0.15, -0.1) is 0 Å². The van der Waals surface area contributed by atoms with E-state index in [9.17, 15) is 13.2 Å². The summed E-state index contributed by atoms with van der Waals surface area (Å²) in [7, 11) is 3.26. The number of alkyl halides is 3. The zero-order chi connectivity index (χ0) is 16.0. The summed E-state index contributed by atoms with van der Waals surface area (Å²) in [5, 5.41) is 2.90. The number of hydrogen-bond acceptors (Lipinski definition) is 4. The molecule has 0 amide bonds. The minimum Gasteiger partial charge on any atom is -0.383 e. The molecular weight excluding hydrogens is 283 g/mol. The van der Waals surface area contributed by atoms with E-state index in [-0.39, 0.29) is 17.7 Å². The summed E-state index contributed by atoms with van der Waals surface area (Å²) < 4.78 is 44.0. The number of hydrogen-bond donors (Lipinski definition) is 1. The van der Waals surface area contributed by atoms with Gasteiger partial charge in [0.05, 0.1) is 18.2 Å². The van der Waals surface area contributed by atoms with Gasteiger partial charge in [-0.2, -0.15) is 13.2 Å². The Labute approximate surface area is 123 Å². The first-order valence-electron chi connectivity index (χ1n) is 6.84. The van der Waals surface area contributed by atoms with Crippen LogP contribution in [0.25, 0.3) is 0 Å². The lowest BCUT2D eigenvalue weighted by Crippen LogP contribution is -2.33. The Hall–Kier alpha value is -1.50. The van der Waals surface area contributed by atoms with Crippen molar-refractivity contribution in [1.82, 2.24) is 4.98 Å². The average molecular weight is 305 g/mol. The van der Waals surface area contributed by atoms with Crippen LogP contribution in [0.3, 0.4) is 0 Å². The van der Waals surface area contributed by atoms with E-state index in [2.05, 4.69) is 10.3 Å². The van der Waals surface area contributed by atoms with Gasteiger partial charge in [0.1, 0.15) is 11.6 Å². The zero-order valence-corrected chi connectivity index (χ0v) is 12.8. The van der Waals surface area contributed by atoms with Crippen LogP contribution in [0.2, 0.25) is 0 Å². The van der Waals surface area contributed by atoms with E-state index in [1.54, 1.807) is 19.1 Å². The quantitative estimate of drug-likeness (QED) is 0.838. The Morgan fingerprint density at radius 1 is 1.38 bits per heavy atom. The number of nitrogens with zero attached hydrogens (tertiary/aromatic N) is 2. The monoisotopic (exact) mass is 305 g/mol. The van der Waals surface area contributed by atoms with Crippen LogP contribution in [0.5, 0.6) is 0 Å². The van der Waals surface area contributed by atoms with E-state index in [4.69, 9.17) is 4.74 Å². The van der Waals surface area contributed by atoms with Crippen LogP contribution in [-0.4, -0.2) is 38.3 Å². The first kappa shape index (κ1) is 17.6. The maximum Gasteiger partial charge on any atom is 0.416 e. The second kappa shape index (κ2) is 7.49. The van der Waals surface area contributed by atoms with E-state index >= 15 is 0 Å². The Bertz CT molecular complexity index is 452. The summed E-state index contributed by atoms with van der Waals surface area (Å²) in [6, 6.07) is 2.02. The highest BCUT2D eigenvalue weighted by Crippen LogP contribution is 2.33. The van der Waals surface area contributed by atoms with Gasteiger partial charge in [-0.3, -0.25) is 0 Å². The fraction of sp³-hybridized carbons (Fsp3) is 0.643. The third-order valence-corrected chi connectivity index (χ3v) is 3.13. The number of methoxy groups -OCH3 is 1. The van der Waals surface area contributed by atoms with E-state index in [1.165, 1.54) is 0 Å². The third kappa shape index (κ3) is 5.08. The molecule has 21 heavy (non-hydrogen) atoms. The standard InChI is InChI=1S/C14H22F3N3O/c1-5-6-18-12-7-11(14(15,16)17)8-13(19-12)20(3)10(2)9-21-4/h7-8,10H,5-6,9H2,1-4H3,(H,18,19). The van der Waals surface area contributed by atoms with Crippen LogP contribution in [0.1, 0.15) is 25.8 Å². The molecule has 0 fully saturated rings. The first-order chi connectivity index (χ1) is 9.79. The lowest BCUT2D eigenvalue weighted by molar-refractivity contribution is -0.137. The molecule has 0 spiro atoms. The summed E-state index contributed by atoms with van der Waals surface area (Å²) in [4.78, 5) is 5.92. The summed E-state index contributed by atoms with van der Waals surface area (Å²) in [6.45, 7) is 4.79. The molecule has 0 bridgehead atoms. The molecule has 1 aromatic rings. The lowest BCUT2D eigenvalue weighted by Gasteiger charge is -2.26. The summed E-state index contributed by atoms with van der Waals surface area (Å²) in [5.74, 6) is 0.506. The van der Waals surface area contributed by atoms with Crippen molar-refractivity contribution in [1.29, 1.82) is 0 Å². The van der Waals surface area contributed by atoms with Gasteiger partial charge in [0.15, 0.2) is 0 Å². The first-order valence-corrected chi connectivity index (χ1v) is 6.84. The maximum absolute atomic E-state index is 13.0. The van der Waals surface area contributed by atoms with Crippen molar-refractivity contribution in [2.75, 3.05) is 37.5 Å². The summed E-state index contributed by atoms with van der Waals surface area (Å²) >= 11 is 0. The molecule has 1 aromatic heterocycles. The molecule has 1 N–H and O–H groups in total. The molecule has 0 radical (unpaired) electrons. The predicted molar refractivity (Wildman–Crippen MR) is 77.8 cm³/mol. The van der Waals surface area contributed by atoms with Crippen LogP contribution in [0.15, 0.2) is 12.1 Å². The molecular formula is C14H22F3N3O. The molecule has 0 aliphatic rings. The zero-order valence-electron chi connectivity index (χ0n) is 12.8. The number of rotatable bonds is 7. The van der Waals surface area contributed by atoms with E-state index in [1.807, 2.05) is 13.8 Å². The molecule has 0 aromatic carbocycles. The Balaban J connectivity index is 3.11. The second-order valence-corrected chi connectivity index (χ2v) is 4.94. The van der Waals surface area contributed by atoms with Crippen molar-refractivity contribution < 1.29 is 17.9 Å². The molecule has 0 aliphatic heterocycles. The number of likely N-dealkylation sites (N-methyl/N-ethyl adjacent to an activating group) is 1. The fourth-order valence-corrected chi connectivity index (χ4v) is 1.78. The Morgan fingerprint density at radius 2 is 2.05 bits per heavy atom. The number of ether oxygens (including phenoxy) is 1. The molecule has 7 heteroatoms. The number of anilines is 2. The van der Waals surface area contributed by atoms with E-state index in [0.29, 0.717) is 13.2 Å². The Kier molecular flexibility index (Phi) is 6.26. The maximum atomic E-state index is 13.0. The molecule has 0 saturated carbocycles. The van der Waals surface area contributed by atoms with E-state index in [0.717, 1.165) is 18.6 Å². The highest BCUT2D eigenvalue weighted by atomic mass is 19.4. The SMILES string of the molecule is CCCNc1cc(C(F)(F)F)cc(N(C)C(C)COC)n1. The highest BCUT2D eigenvalue weighted by Gasteiger charge is 2.32. The van der Waals surface area contributed by atoms with Crippen molar-refractivity contribution in [3.05, 3.63) is 17.7 Å². The number of aromatic nitrogens is 1. The number of nitrogens with one attached hydrogen (secondary N) is 1. The van der Waals surface area contributed by atoms with Gasteiger partial charge < -0.3 is 15.0 Å². The van der Waals surface area contributed by atoms with Crippen molar-refractivity contribution in [3.63, 3.8) is 0 Å². The van der Waals surface area contributed by atoms with Gasteiger partial charge in [0.25, 0.3) is 0 Å².